The Labute approximate surface area is 151 Å². The van der Waals surface area contributed by atoms with Crippen LogP contribution in [-0.4, -0.2) is 13.1 Å². The van der Waals surface area contributed by atoms with Crippen LogP contribution in [0.4, 0.5) is 0 Å². The maximum absolute atomic E-state index is 5.84. The Bertz CT molecular complexity index is 656. The highest BCUT2D eigenvalue weighted by atomic mass is 14.5. The summed E-state index contributed by atoms with van der Waals surface area (Å²) in [6.07, 6.45) is 0. The first-order chi connectivity index (χ1) is 12.3. The maximum atomic E-state index is 5.84. The number of rotatable bonds is 5. The molecule has 0 bridgehead atoms. The molecule has 2 heteroatoms. The van der Waals surface area contributed by atoms with Crippen LogP contribution in [0.3, 0.4) is 0 Å². The lowest BCUT2D eigenvalue weighted by molar-refractivity contribution is 0.774. The van der Waals surface area contributed by atoms with Gasteiger partial charge in [0.05, 0.1) is 0 Å². The quantitative estimate of drug-likeness (QED) is 0.721. The molecule has 0 saturated carbocycles. The van der Waals surface area contributed by atoms with Crippen molar-refractivity contribution < 1.29 is 0 Å². The van der Waals surface area contributed by atoms with Gasteiger partial charge in [0.2, 0.25) is 0 Å². The first-order valence-corrected chi connectivity index (χ1v) is 8.81. The van der Waals surface area contributed by atoms with E-state index in [4.69, 9.17) is 11.5 Å². The molecular weight excluding hydrogens is 304 g/mol. The largest absolute Gasteiger partial charge is 0.330 e. The molecule has 0 amide bonds. The topological polar surface area (TPSA) is 52.0 Å². The van der Waals surface area contributed by atoms with Crippen molar-refractivity contribution in [1.82, 2.24) is 0 Å². The van der Waals surface area contributed by atoms with E-state index in [1.165, 1.54) is 16.7 Å². The van der Waals surface area contributed by atoms with Crippen LogP contribution in [0.1, 0.15) is 35.4 Å². The van der Waals surface area contributed by atoms with Crippen molar-refractivity contribution in [2.75, 3.05) is 13.1 Å². The Morgan fingerprint density at radius 3 is 1.24 bits per heavy atom. The molecule has 3 aromatic rings. The molecule has 0 radical (unpaired) electrons. The zero-order valence-corrected chi connectivity index (χ0v) is 14.9. The Balaban J connectivity index is 0.000000196. The minimum atomic E-state index is 0.312. The van der Waals surface area contributed by atoms with Gasteiger partial charge in [-0.15, -0.1) is 0 Å². The molecule has 2 nitrogen and oxygen atoms in total. The van der Waals surface area contributed by atoms with Crippen LogP contribution < -0.4 is 11.5 Å². The van der Waals surface area contributed by atoms with Gasteiger partial charge in [0.25, 0.3) is 0 Å². The zero-order chi connectivity index (χ0) is 17.9. The molecule has 0 fully saturated rings. The molecule has 3 rings (SSSR count). The third kappa shape index (κ3) is 5.86. The maximum Gasteiger partial charge on any atom is 0.0212 e. The predicted molar refractivity (Wildman–Crippen MR) is 108 cm³/mol. The number of hydrogen-bond acceptors (Lipinski definition) is 2. The molecule has 4 N–H and O–H groups in total. The second kappa shape index (κ2) is 10.4. The summed E-state index contributed by atoms with van der Waals surface area (Å²) in [5.74, 6) is 0.800. The molecule has 0 aliphatic carbocycles. The van der Waals surface area contributed by atoms with E-state index in [0.29, 0.717) is 18.4 Å². The lowest BCUT2D eigenvalue weighted by Crippen LogP contribution is -2.13. The summed E-state index contributed by atoms with van der Waals surface area (Å²) < 4.78 is 0. The molecule has 25 heavy (non-hydrogen) atoms. The predicted octanol–water partition coefficient (Wildman–Crippen LogP) is 4.53. The molecule has 0 aliphatic rings. The summed E-state index contributed by atoms with van der Waals surface area (Å²) in [6, 6.07) is 31.1. The molecular formula is C23H28N2. The van der Waals surface area contributed by atoms with Gasteiger partial charge in [-0.3, -0.25) is 0 Å². The highest BCUT2D eigenvalue weighted by Crippen LogP contribution is 2.22. The molecule has 130 valence electrons. The van der Waals surface area contributed by atoms with E-state index < -0.39 is 0 Å². The van der Waals surface area contributed by atoms with Crippen LogP contribution in [0.15, 0.2) is 91.0 Å². The lowest BCUT2D eigenvalue weighted by Gasteiger charge is -2.15. The lowest BCUT2D eigenvalue weighted by atomic mass is 9.92. The fourth-order valence-corrected chi connectivity index (χ4v) is 2.75. The SMILES string of the molecule is CC(CN)c1ccccc1.NCC(c1ccccc1)c1ccccc1. The summed E-state index contributed by atoms with van der Waals surface area (Å²) in [6.45, 7) is 3.51. The zero-order valence-electron chi connectivity index (χ0n) is 14.9. The first-order valence-electron chi connectivity index (χ1n) is 8.81. The van der Waals surface area contributed by atoms with Gasteiger partial charge in [0, 0.05) is 12.5 Å². The van der Waals surface area contributed by atoms with Gasteiger partial charge in [0.1, 0.15) is 0 Å². The second-order valence-corrected chi connectivity index (χ2v) is 6.16. The standard InChI is InChI=1S/C14H15N.C9H13N/c15-11-14(12-7-3-1-4-8-12)13-9-5-2-6-10-13;1-8(7-10)9-5-3-2-4-6-9/h1-10,14H,11,15H2;2-6,8H,7,10H2,1H3. The average Bonchev–Trinajstić information content (AvgIpc) is 2.71. The molecule has 0 spiro atoms. The van der Waals surface area contributed by atoms with Gasteiger partial charge in [0.15, 0.2) is 0 Å². The second-order valence-electron chi connectivity index (χ2n) is 6.16. The Morgan fingerprint density at radius 2 is 0.920 bits per heavy atom. The summed E-state index contributed by atoms with van der Waals surface area (Å²) in [5.41, 5.74) is 15.2. The fourth-order valence-electron chi connectivity index (χ4n) is 2.75. The molecule has 0 heterocycles. The van der Waals surface area contributed by atoms with E-state index in [9.17, 15) is 0 Å². The third-order valence-corrected chi connectivity index (χ3v) is 4.36. The Kier molecular flexibility index (Phi) is 7.90. The smallest absolute Gasteiger partial charge is 0.0212 e. The van der Waals surface area contributed by atoms with Crippen LogP contribution >= 0.6 is 0 Å². The Hall–Kier alpha value is -2.42. The molecule has 3 aromatic carbocycles. The van der Waals surface area contributed by atoms with E-state index in [1.54, 1.807) is 0 Å². The van der Waals surface area contributed by atoms with Gasteiger partial charge < -0.3 is 11.5 Å². The van der Waals surface area contributed by atoms with Gasteiger partial charge in [-0.2, -0.15) is 0 Å². The van der Waals surface area contributed by atoms with E-state index in [0.717, 1.165) is 6.54 Å². The van der Waals surface area contributed by atoms with E-state index >= 15 is 0 Å². The van der Waals surface area contributed by atoms with Crippen LogP contribution in [0.5, 0.6) is 0 Å². The van der Waals surface area contributed by atoms with Crippen molar-refractivity contribution in [2.24, 2.45) is 11.5 Å². The van der Waals surface area contributed by atoms with Crippen molar-refractivity contribution in [2.45, 2.75) is 18.8 Å². The summed E-state index contributed by atoms with van der Waals surface area (Å²) >= 11 is 0. The van der Waals surface area contributed by atoms with Crippen LogP contribution in [0, 0.1) is 0 Å². The molecule has 0 aromatic heterocycles. The highest BCUT2D eigenvalue weighted by molar-refractivity contribution is 5.32. The summed E-state index contributed by atoms with van der Waals surface area (Å²) in [5, 5.41) is 0. The average molecular weight is 332 g/mol. The van der Waals surface area contributed by atoms with Crippen LogP contribution in [-0.2, 0) is 0 Å². The van der Waals surface area contributed by atoms with Gasteiger partial charge in [-0.25, -0.2) is 0 Å². The Morgan fingerprint density at radius 1 is 0.560 bits per heavy atom. The first kappa shape index (κ1) is 18.9. The minimum Gasteiger partial charge on any atom is -0.330 e. The number of benzene rings is 3. The fraction of sp³-hybridized carbons (Fsp3) is 0.217. The summed E-state index contributed by atoms with van der Waals surface area (Å²) in [4.78, 5) is 0. The van der Waals surface area contributed by atoms with Crippen LogP contribution in [0.2, 0.25) is 0 Å². The molecule has 0 saturated heterocycles. The van der Waals surface area contributed by atoms with Crippen molar-refractivity contribution in [3.8, 4) is 0 Å². The molecule has 1 unspecified atom stereocenters. The van der Waals surface area contributed by atoms with Crippen molar-refractivity contribution in [3.63, 3.8) is 0 Å². The van der Waals surface area contributed by atoms with Crippen molar-refractivity contribution >= 4 is 0 Å². The molecule has 0 aliphatic heterocycles. The normalized spacial score (nSPS) is 11.5. The van der Waals surface area contributed by atoms with Gasteiger partial charge >= 0.3 is 0 Å². The highest BCUT2D eigenvalue weighted by Gasteiger charge is 2.10. The molecule has 1 atom stereocenters. The van der Waals surface area contributed by atoms with Crippen molar-refractivity contribution in [1.29, 1.82) is 0 Å². The van der Waals surface area contributed by atoms with E-state index in [2.05, 4.69) is 67.6 Å². The number of hydrogen-bond donors (Lipinski definition) is 2. The van der Waals surface area contributed by atoms with Gasteiger partial charge in [-0.1, -0.05) is 97.9 Å². The van der Waals surface area contributed by atoms with Gasteiger partial charge in [-0.05, 0) is 29.2 Å². The van der Waals surface area contributed by atoms with E-state index in [-0.39, 0.29) is 0 Å². The minimum absolute atomic E-state index is 0.312. The third-order valence-electron chi connectivity index (χ3n) is 4.36. The number of nitrogens with two attached hydrogens (primary N) is 2. The van der Waals surface area contributed by atoms with E-state index in [1.807, 2.05) is 30.3 Å². The van der Waals surface area contributed by atoms with Crippen molar-refractivity contribution in [3.05, 3.63) is 108 Å². The summed E-state index contributed by atoms with van der Waals surface area (Å²) in [7, 11) is 0. The van der Waals surface area contributed by atoms with Crippen LogP contribution in [0.25, 0.3) is 0 Å². The monoisotopic (exact) mass is 332 g/mol.